The zero-order valence-corrected chi connectivity index (χ0v) is 9.11. The van der Waals surface area contributed by atoms with E-state index in [1.165, 1.54) is 0 Å². The van der Waals surface area contributed by atoms with E-state index in [-0.39, 0.29) is 0 Å². The molecule has 0 radical (unpaired) electrons. The van der Waals surface area contributed by atoms with Gasteiger partial charge in [0.25, 0.3) is 0 Å². The molecule has 0 rings (SSSR count). The van der Waals surface area contributed by atoms with E-state index in [2.05, 4.69) is 53.7 Å². The van der Waals surface area contributed by atoms with Crippen LogP contribution in [0.2, 0.25) is 0 Å². The van der Waals surface area contributed by atoms with Crippen LogP contribution in [-0.2, 0) is 0 Å². The van der Waals surface area contributed by atoms with E-state index in [1.54, 1.807) is 0 Å². The first-order valence-corrected chi connectivity index (χ1v) is 4.53. The first-order valence-electron chi connectivity index (χ1n) is 3.74. The lowest BCUT2D eigenvalue weighted by atomic mass is 10.3. The fraction of sp³-hybridized carbons (Fsp3) is 0.750. The summed E-state index contributed by atoms with van der Waals surface area (Å²) in [6.07, 6.45) is 0. The van der Waals surface area contributed by atoms with Gasteiger partial charge in [0, 0.05) is 23.6 Å². The van der Waals surface area contributed by atoms with Crippen LogP contribution < -0.4 is 5.32 Å². The van der Waals surface area contributed by atoms with E-state index in [0.717, 1.165) is 17.6 Å². The third kappa shape index (κ3) is 6.53. The van der Waals surface area contributed by atoms with E-state index in [9.17, 15) is 0 Å². The van der Waals surface area contributed by atoms with Crippen LogP contribution in [0, 0.1) is 0 Å². The summed E-state index contributed by atoms with van der Waals surface area (Å²) in [5, 5.41) is 3.28. The molecule has 0 fully saturated rings. The van der Waals surface area contributed by atoms with Crippen molar-refractivity contribution in [2.24, 2.45) is 0 Å². The van der Waals surface area contributed by atoms with E-state index >= 15 is 0 Å². The molecule has 0 aliphatic heterocycles. The Morgan fingerprint density at radius 1 is 1.64 bits per heavy atom. The van der Waals surface area contributed by atoms with Gasteiger partial charge < -0.3 is 10.2 Å². The quantitative estimate of drug-likeness (QED) is 0.755. The Kier molecular flexibility index (Phi) is 5.82. The molecule has 0 bridgehead atoms. The van der Waals surface area contributed by atoms with Crippen LogP contribution in [0.5, 0.6) is 0 Å². The van der Waals surface area contributed by atoms with Crippen molar-refractivity contribution in [3.8, 4) is 0 Å². The molecule has 0 aliphatic carbocycles. The van der Waals surface area contributed by atoms with Crippen LogP contribution >= 0.6 is 15.9 Å². The highest BCUT2D eigenvalue weighted by molar-refractivity contribution is 9.11. The molecule has 1 unspecified atom stereocenters. The third-order valence-corrected chi connectivity index (χ3v) is 1.92. The third-order valence-electron chi connectivity index (χ3n) is 1.64. The fourth-order valence-corrected chi connectivity index (χ4v) is 0.798. The lowest BCUT2D eigenvalue weighted by molar-refractivity contribution is 0.306. The van der Waals surface area contributed by atoms with Crippen molar-refractivity contribution in [3.05, 3.63) is 11.1 Å². The van der Waals surface area contributed by atoms with Gasteiger partial charge in [-0.05, 0) is 21.0 Å². The summed E-state index contributed by atoms with van der Waals surface area (Å²) in [6.45, 7) is 7.76. The number of rotatable bonds is 5. The number of likely N-dealkylation sites (N-methyl/N-ethyl adjacent to an activating group) is 1. The van der Waals surface area contributed by atoms with Gasteiger partial charge in [-0.3, -0.25) is 0 Å². The van der Waals surface area contributed by atoms with Gasteiger partial charge in [0.1, 0.15) is 0 Å². The van der Waals surface area contributed by atoms with E-state index < -0.39 is 0 Å². The molecule has 11 heavy (non-hydrogen) atoms. The highest BCUT2D eigenvalue weighted by Crippen LogP contribution is 1.97. The Labute approximate surface area is 77.8 Å². The number of halogens is 1. The van der Waals surface area contributed by atoms with E-state index in [1.807, 2.05) is 0 Å². The van der Waals surface area contributed by atoms with Crippen LogP contribution in [0.15, 0.2) is 11.1 Å². The number of nitrogens with one attached hydrogen (secondary N) is 1. The Morgan fingerprint density at radius 2 is 2.18 bits per heavy atom. The van der Waals surface area contributed by atoms with Gasteiger partial charge in [-0.2, -0.15) is 0 Å². The summed E-state index contributed by atoms with van der Waals surface area (Å²) >= 11 is 3.29. The molecule has 0 aromatic carbocycles. The number of hydrogen-bond donors (Lipinski definition) is 1. The molecule has 1 N–H and O–H groups in total. The van der Waals surface area contributed by atoms with Crippen molar-refractivity contribution in [2.75, 3.05) is 27.2 Å². The van der Waals surface area contributed by atoms with Gasteiger partial charge in [-0.1, -0.05) is 22.5 Å². The second-order valence-electron chi connectivity index (χ2n) is 2.96. The Balaban J connectivity index is 3.31. The second-order valence-corrected chi connectivity index (χ2v) is 4.08. The maximum absolute atomic E-state index is 3.74. The molecule has 0 spiro atoms. The average Bonchev–Trinajstić information content (AvgIpc) is 1.86. The van der Waals surface area contributed by atoms with Crippen molar-refractivity contribution in [3.63, 3.8) is 0 Å². The summed E-state index contributed by atoms with van der Waals surface area (Å²) in [5.74, 6) is 0. The molecular formula is C8H17BrN2. The second kappa shape index (κ2) is 5.75. The minimum Gasteiger partial charge on any atom is -0.311 e. The summed E-state index contributed by atoms with van der Waals surface area (Å²) in [7, 11) is 4.16. The minimum absolute atomic E-state index is 0.571. The molecule has 1 atom stereocenters. The van der Waals surface area contributed by atoms with Crippen LogP contribution in [0.25, 0.3) is 0 Å². The van der Waals surface area contributed by atoms with Crippen LogP contribution in [0.1, 0.15) is 6.92 Å². The molecule has 0 saturated heterocycles. The van der Waals surface area contributed by atoms with Crippen molar-refractivity contribution in [2.45, 2.75) is 13.0 Å². The molecule has 66 valence electrons. The topological polar surface area (TPSA) is 15.3 Å². The minimum atomic E-state index is 0.571. The highest BCUT2D eigenvalue weighted by atomic mass is 79.9. The average molecular weight is 221 g/mol. The van der Waals surface area contributed by atoms with Crippen molar-refractivity contribution in [1.29, 1.82) is 0 Å². The summed E-state index contributed by atoms with van der Waals surface area (Å²) in [5.41, 5.74) is 0. The van der Waals surface area contributed by atoms with Gasteiger partial charge in [0.2, 0.25) is 0 Å². The molecule has 0 heterocycles. The summed E-state index contributed by atoms with van der Waals surface area (Å²) < 4.78 is 1.00. The fourth-order valence-electron chi connectivity index (χ4n) is 0.599. The maximum atomic E-state index is 3.74. The Morgan fingerprint density at radius 3 is 2.55 bits per heavy atom. The van der Waals surface area contributed by atoms with Gasteiger partial charge in [-0.15, -0.1) is 0 Å². The molecule has 0 aromatic rings. The number of nitrogens with zero attached hydrogens (tertiary/aromatic N) is 1. The van der Waals surface area contributed by atoms with Crippen LogP contribution in [0.4, 0.5) is 0 Å². The normalized spacial score (nSPS) is 13.5. The van der Waals surface area contributed by atoms with Crippen LogP contribution in [-0.4, -0.2) is 38.1 Å². The smallest absolute Gasteiger partial charge is 0.0266 e. The van der Waals surface area contributed by atoms with Crippen LogP contribution in [0.3, 0.4) is 0 Å². The molecule has 0 aromatic heterocycles. The zero-order chi connectivity index (χ0) is 8.85. The molecule has 0 saturated carbocycles. The van der Waals surface area contributed by atoms with E-state index in [0.29, 0.717) is 6.04 Å². The highest BCUT2D eigenvalue weighted by Gasteiger charge is 2.02. The van der Waals surface area contributed by atoms with Gasteiger partial charge in [0.05, 0.1) is 0 Å². The van der Waals surface area contributed by atoms with Crippen molar-refractivity contribution < 1.29 is 0 Å². The molecule has 2 nitrogen and oxygen atoms in total. The Hall–Kier alpha value is 0.140. The first-order chi connectivity index (χ1) is 5.04. The summed E-state index contributed by atoms with van der Waals surface area (Å²) in [6, 6.07) is 0.571. The molecule has 3 heteroatoms. The van der Waals surface area contributed by atoms with Gasteiger partial charge in [-0.25, -0.2) is 0 Å². The predicted molar refractivity (Wildman–Crippen MR) is 54.1 cm³/mol. The predicted octanol–water partition coefficient (Wildman–Crippen LogP) is 1.43. The lowest BCUT2D eigenvalue weighted by Crippen LogP contribution is -2.35. The molecule has 0 amide bonds. The van der Waals surface area contributed by atoms with E-state index in [4.69, 9.17) is 0 Å². The lowest BCUT2D eigenvalue weighted by Gasteiger charge is -2.19. The molecular weight excluding hydrogens is 204 g/mol. The SMILES string of the molecule is C=C(Br)CNCC(C)N(C)C. The van der Waals surface area contributed by atoms with Gasteiger partial charge in [0.15, 0.2) is 0 Å². The first kappa shape index (κ1) is 11.1. The van der Waals surface area contributed by atoms with Crippen molar-refractivity contribution >= 4 is 15.9 Å². The standard InChI is InChI=1S/C8H17BrN2/c1-7(9)5-10-6-8(2)11(3)4/h8,10H,1,5-6H2,2-4H3. The molecule has 0 aliphatic rings. The Bertz CT molecular complexity index is 123. The van der Waals surface area contributed by atoms with Gasteiger partial charge >= 0.3 is 0 Å². The monoisotopic (exact) mass is 220 g/mol. The largest absolute Gasteiger partial charge is 0.311 e. The zero-order valence-electron chi connectivity index (χ0n) is 7.52. The number of hydrogen-bond acceptors (Lipinski definition) is 2. The summed E-state index contributed by atoms with van der Waals surface area (Å²) in [4.78, 5) is 2.18. The maximum Gasteiger partial charge on any atom is 0.0266 e. The van der Waals surface area contributed by atoms with Crippen molar-refractivity contribution in [1.82, 2.24) is 10.2 Å².